The molecule has 0 saturated heterocycles. The molecule has 2 unspecified atom stereocenters. The number of carbonyl (C=O) groups excluding carboxylic acids is 3. The predicted octanol–water partition coefficient (Wildman–Crippen LogP) is 11.1. The van der Waals surface area contributed by atoms with Crippen molar-refractivity contribution in [1.29, 1.82) is 0 Å². The van der Waals surface area contributed by atoms with Gasteiger partial charge in [-0.2, -0.15) is 0 Å². The second kappa shape index (κ2) is 22.1. The summed E-state index contributed by atoms with van der Waals surface area (Å²) in [6, 6.07) is 75.0. The average molecular weight is 1010 g/mol. The van der Waals surface area contributed by atoms with E-state index in [0.29, 0.717) is 11.4 Å². The molecule has 1 aliphatic carbocycles. The zero-order chi connectivity index (χ0) is 52.6. The standard InChI is InChI=1S/C66H56N6O5/c1-76-63(74)61(41-54-43-72(46-68-54)66(50-30-14-5-15-31-50,51-32-16-6-17-33-51)52-34-18-7-19-35-52)69-62(73)60(70-64(75)77-44-59-57-38-22-20-36-55(57)56-37-21-23-39-58(56)59)40-53-42-71(45-67-53)65(47-24-8-2-9-25-47,48-26-10-3-11-27-48)49-28-12-4-13-29-49/h2-39,42-43,45-46,59-61H,40-41,44H2,1H3,(H,69,73)(H,70,75). The Bertz CT molecular complexity index is 3370. The van der Waals surface area contributed by atoms with Crippen molar-refractivity contribution in [1.82, 2.24) is 29.7 Å². The first-order valence-electron chi connectivity index (χ1n) is 25.8. The van der Waals surface area contributed by atoms with E-state index < -0.39 is 41.1 Å². The first kappa shape index (κ1) is 49.6. The zero-order valence-electron chi connectivity index (χ0n) is 42.4. The van der Waals surface area contributed by atoms with E-state index in [1.165, 1.54) is 7.11 Å². The van der Waals surface area contributed by atoms with Gasteiger partial charge in [0.15, 0.2) is 0 Å². The molecule has 0 fully saturated rings. The van der Waals surface area contributed by atoms with Crippen LogP contribution in [0, 0.1) is 0 Å². The second-order valence-electron chi connectivity index (χ2n) is 19.2. The summed E-state index contributed by atoms with van der Waals surface area (Å²) >= 11 is 0. The number of ether oxygens (including phenoxy) is 2. The molecule has 1 aliphatic rings. The Kier molecular flexibility index (Phi) is 14.2. The van der Waals surface area contributed by atoms with Gasteiger partial charge in [0.1, 0.15) is 29.8 Å². The Morgan fingerprint density at radius 2 is 0.805 bits per heavy atom. The van der Waals surface area contributed by atoms with Crippen LogP contribution < -0.4 is 10.6 Å². The maximum absolute atomic E-state index is 15.0. The Morgan fingerprint density at radius 3 is 1.17 bits per heavy atom. The van der Waals surface area contributed by atoms with Gasteiger partial charge in [0.2, 0.25) is 5.91 Å². The third-order valence-corrected chi connectivity index (χ3v) is 14.8. The monoisotopic (exact) mass is 1010 g/mol. The molecule has 0 radical (unpaired) electrons. The van der Waals surface area contributed by atoms with Crippen molar-refractivity contribution in [3.63, 3.8) is 0 Å². The molecule has 11 rings (SSSR count). The van der Waals surface area contributed by atoms with Gasteiger partial charge in [0.05, 0.1) is 31.2 Å². The van der Waals surface area contributed by atoms with Crippen molar-refractivity contribution in [2.24, 2.45) is 0 Å². The Labute approximate surface area is 447 Å². The normalized spacial score (nSPS) is 12.9. The number of carbonyl (C=O) groups is 3. The van der Waals surface area contributed by atoms with Crippen molar-refractivity contribution >= 4 is 18.0 Å². The highest BCUT2D eigenvalue weighted by molar-refractivity contribution is 5.90. The molecule has 0 aliphatic heterocycles. The quantitative estimate of drug-likeness (QED) is 0.0647. The molecule has 2 N–H and O–H groups in total. The topological polar surface area (TPSA) is 129 Å². The predicted molar refractivity (Wildman–Crippen MR) is 297 cm³/mol. The highest BCUT2D eigenvalue weighted by Gasteiger charge is 2.41. The molecule has 11 heteroatoms. The first-order chi connectivity index (χ1) is 37.9. The fourth-order valence-corrected chi connectivity index (χ4v) is 11.3. The minimum Gasteiger partial charge on any atom is -0.467 e. The number of alkyl carbamates (subject to hydrolysis) is 1. The van der Waals surface area contributed by atoms with Crippen LogP contribution in [0.3, 0.4) is 0 Å². The lowest BCUT2D eigenvalue weighted by molar-refractivity contribution is -0.145. The number of hydrogen-bond donors (Lipinski definition) is 2. The number of nitrogens with one attached hydrogen (secondary N) is 2. The van der Waals surface area contributed by atoms with E-state index in [1.807, 2.05) is 146 Å². The van der Waals surface area contributed by atoms with Crippen molar-refractivity contribution in [3.05, 3.63) is 311 Å². The van der Waals surface area contributed by atoms with E-state index in [2.05, 4.69) is 117 Å². The van der Waals surface area contributed by atoms with Crippen LogP contribution in [0.1, 0.15) is 61.8 Å². The number of imidazole rings is 2. The Balaban J connectivity index is 0.928. The van der Waals surface area contributed by atoms with Gasteiger partial charge in [-0.05, 0) is 55.6 Å². The Morgan fingerprint density at radius 1 is 0.468 bits per heavy atom. The number of nitrogens with zero attached hydrogens (tertiary/aromatic N) is 4. The van der Waals surface area contributed by atoms with Gasteiger partial charge in [0.25, 0.3) is 0 Å². The highest BCUT2D eigenvalue weighted by atomic mass is 16.5. The van der Waals surface area contributed by atoms with E-state index in [4.69, 9.17) is 19.4 Å². The minimum atomic E-state index is -1.26. The molecule has 2 atom stereocenters. The number of fused-ring (bicyclic) bond motifs is 3. The molecule has 11 nitrogen and oxygen atoms in total. The fourth-order valence-electron chi connectivity index (χ4n) is 11.3. The van der Waals surface area contributed by atoms with Crippen LogP contribution in [0.25, 0.3) is 11.1 Å². The van der Waals surface area contributed by atoms with Gasteiger partial charge in [-0.15, -0.1) is 0 Å². The molecular formula is C66H56N6O5. The first-order valence-corrected chi connectivity index (χ1v) is 25.8. The largest absolute Gasteiger partial charge is 0.467 e. The van der Waals surface area contributed by atoms with E-state index in [1.54, 1.807) is 12.7 Å². The SMILES string of the molecule is COC(=O)C(Cc1cn(C(c2ccccc2)(c2ccccc2)c2ccccc2)cn1)NC(=O)C(Cc1cn(C(c2ccccc2)(c2ccccc2)c2ccccc2)cn1)NC(=O)OCC1c2ccccc2-c2ccccc21. The lowest BCUT2D eigenvalue weighted by atomic mass is 9.77. The molecule has 2 heterocycles. The molecule has 8 aromatic carbocycles. The third-order valence-electron chi connectivity index (χ3n) is 14.8. The number of esters is 1. The van der Waals surface area contributed by atoms with Gasteiger partial charge in [-0.25, -0.2) is 19.6 Å². The zero-order valence-corrected chi connectivity index (χ0v) is 42.4. The summed E-state index contributed by atoms with van der Waals surface area (Å²) in [5.74, 6) is -1.54. The van der Waals surface area contributed by atoms with Gasteiger partial charge < -0.3 is 29.2 Å². The van der Waals surface area contributed by atoms with E-state index in [-0.39, 0.29) is 25.4 Å². The summed E-state index contributed by atoms with van der Waals surface area (Å²) < 4.78 is 15.5. The number of rotatable bonds is 18. The van der Waals surface area contributed by atoms with E-state index in [9.17, 15) is 9.59 Å². The minimum absolute atomic E-state index is 0.0279. The summed E-state index contributed by atoms with van der Waals surface area (Å²) in [7, 11) is 1.28. The fraction of sp³-hybridized carbons (Fsp3) is 0.136. The van der Waals surface area contributed by atoms with Gasteiger partial charge in [-0.3, -0.25) is 4.79 Å². The number of aromatic nitrogens is 4. The van der Waals surface area contributed by atoms with Crippen LogP contribution in [0.4, 0.5) is 4.79 Å². The molecule has 0 spiro atoms. The average Bonchev–Trinajstić information content (AvgIpc) is 4.25. The van der Waals surface area contributed by atoms with Crippen LogP contribution in [-0.2, 0) is 43.0 Å². The number of methoxy groups -OCH3 is 1. The van der Waals surface area contributed by atoms with Crippen LogP contribution in [-0.4, -0.2) is 62.9 Å². The van der Waals surface area contributed by atoms with Gasteiger partial charge >= 0.3 is 12.1 Å². The summed E-state index contributed by atoms with van der Waals surface area (Å²) in [5.41, 5.74) is 9.53. The third kappa shape index (κ3) is 9.59. The van der Waals surface area contributed by atoms with Crippen LogP contribution in [0.2, 0.25) is 0 Å². The number of hydrogen-bond acceptors (Lipinski definition) is 7. The molecule has 2 amide bonds. The smallest absolute Gasteiger partial charge is 0.407 e. The summed E-state index contributed by atoms with van der Waals surface area (Å²) in [6.45, 7) is 0.0282. The lowest BCUT2D eigenvalue weighted by Gasteiger charge is -2.37. The van der Waals surface area contributed by atoms with Crippen molar-refractivity contribution in [2.45, 2.75) is 41.9 Å². The van der Waals surface area contributed by atoms with Crippen LogP contribution >= 0.6 is 0 Å². The lowest BCUT2D eigenvalue weighted by Crippen LogP contribution is -2.53. The summed E-state index contributed by atoms with van der Waals surface area (Å²) in [5, 5.41) is 5.85. The molecule has 2 aromatic heterocycles. The number of amides is 2. The van der Waals surface area contributed by atoms with E-state index in [0.717, 1.165) is 55.6 Å². The molecule has 77 heavy (non-hydrogen) atoms. The van der Waals surface area contributed by atoms with Crippen molar-refractivity contribution in [3.8, 4) is 11.1 Å². The summed E-state index contributed by atoms with van der Waals surface area (Å²) in [6.07, 6.45) is 6.46. The van der Waals surface area contributed by atoms with Gasteiger partial charge in [0, 0.05) is 31.2 Å². The van der Waals surface area contributed by atoms with Crippen LogP contribution in [0.15, 0.2) is 256 Å². The molecule has 0 bridgehead atoms. The van der Waals surface area contributed by atoms with Gasteiger partial charge in [-0.1, -0.05) is 231 Å². The highest BCUT2D eigenvalue weighted by Crippen LogP contribution is 2.45. The Hall–Kier alpha value is -9.61. The summed E-state index contributed by atoms with van der Waals surface area (Å²) in [4.78, 5) is 53.0. The molecule has 0 saturated carbocycles. The maximum Gasteiger partial charge on any atom is 0.407 e. The molecule has 10 aromatic rings. The van der Waals surface area contributed by atoms with Crippen molar-refractivity contribution < 1.29 is 23.9 Å². The molecular weight excluding hydrogens is 957 g/mol. The number of benzene rings is 8. The van der Waals surface area contributed by atoms with Crippen molar-refractivity contribution in [2.75, 3.05) is 13.7 Å². The second-order valence-corrected chi connectivity index (χ2v) is 19.2. The maximum atomic E-state index is 15.0. The molecule has 380 valence electrons. The van der Waals surface area contributed by atoms with Crippen LogP contribution in [0.5, 0.6) is 0 Å². The van der Waals surface area contributed by atoms with E-state index >= 15 is 4.79 Å².